The van der Waals surface area contributed by atoms with Gasteiger partial charge in [0.1, 0.15) is 0 Å². The highest BCUT2D eigenvalue weighted by atomic mass is 16.5. The van der Waals surface area contributed by atoms with Gasteiger partial charge in [0.25, 0.3) is 0 Å². The van der Waals surface area contributed by atoms with Gasteiger partial charge in [0, 0.05) is 6.42 Å². The third-order valence-corrected chi connectivity index (χ3v) is 1.53. The smallest absolute Gasteiger partial charge is 0.0806 e. The normalized spacial score (nSPS) is 34.9. The Morgan fingerprint density at radius 2 is 2.44 bits per heavy atom. The van der Waals surface area contributed by atoms with Gasteiger partial charge in [-0.25, -0.2) is 0 Å². The molecule has 1 saturated heterocycles. The van der Waals surface area contributed by atoms with Gasteiger partial charge in [0.2, 0.25) is 0 Å². The summed E-state index contributed by atoms with van der Waals surface area (Å²) in [5.74, 6) is 0. The molecule has 0 saturated carbocycles. The molecule has 0 unspecified atom stereocenters. The van der Waals surface area contributed by atoms with Gasteiger partial charge < -0.3 is 9.84 Å². The number of hydrogen-bond donors (Lipinski definition) is 1. The lowest BCUT2D eigenvalue weighted by atomic mass is 10.1. The van der Waals surface area contributed by atoms with Crippen molar-refractivity contribution in [3.8, 4) is 0 Å². The second-order valence-electron chi connectivity index (χ2n) is 2.56. The van der Waals surface area contributed by atoms with Crippen LogP contribution in [0.1, 0.15) is 13.3 Å². The second kappa shape index (κ2) is 2.50. The van der Waals surface area contributed by atoms with Crippen LogP contribution in [0.2, 0.25) is 0 Å². The number of hydrogen-bond acceptors (Lipinski definition) is 2. The largest absolute Gasteiger partial charge is 0.391 e. The lowest BCUT2D eigenvalue weighted by Gasteiger charge is -2.05. The van der Waals surface area contributed by atoms with Crippen LogP contribution in [-0.2, 0) is 4.74 Å². The molecule has 9 heavy (non-hydrogen) atoms. The van der Waals surface area contributed by atoms with Crippen molar-refractivity contribution in [3.63, 3.8) is 0 Å². The summed E-state index contributed by atoms with van der Waals surface area (Å²) in [6.07, 6.45) is 0.543. The molecular weight excluding hydrogens is 116 g/mol. The molecule has 0 aliphatic carbocycles. The fourth-order valence-corrected chi connectivity index (χ4v) is 0.954. The van der Waals surface area contributed by atoms with Crippen LogP contribution in [0.15, 0.2) is 12.2 Å². The SMILES string of the molecule is C=C(C)[C@@H]1C[C@@H](O)CO1. The Balaban J connectivity index is 2.39. The predicted molar refractivity (Wildman–Crippen MR) is 35.2 cm³/mol. The van der Waals surface area contributed by atoms with Gasteiger partial charge in [-0.05, 0) is 6.92 Å². The summed E-state index contributed by atoms with van der Waals surface area (Å²) >= 11 is 0. The number of rotatable bonds is 1. The third-order valence-electron chi connectivity index (χ3n) is 1.53. The van der Waals surface area contributed by atoms with Gasteiger partial charge in [0.15, 0.2) is 0 Å². The highest BCUT2D eigenvalue weighted by Crippen LogP contribution is 2.18. The fraction of sp³-hybridized carbons (Fsp3) is 0.714. The zero-order chi connectivity index (χ0) is 6.85. The zero-order valence-electron chi connectivity index (χ0n) is 5.63. The molecular formula is C7H12O2. The Morgan fingerprint density at radius 3 is 2.67 bits per heavy atom. The van der Waals surface area contributed by atoms with E-state index in [2.05, 4.69) is 6.58 Å². The fourth-order valence-electron chi connectivity index (χ4n) is 0.954. The van der Waals surface area contributed by atoms with E-state index in [1.807, 2.05) is 6.92 Å². The molecule has 2 atom stereocenters. The van der Waals surface area contributed by atoms with Crippen molar-refractivity contribution < 1.29 is 9.84 Å². The van der Waals surface area contributed by atoms with Crippen molar-refractivity contribution in [2.75, 3.05) is 6.61 Å². The summed E-state index contributed by atoms with van der Waals surface area (Å²) in [5.41, 5.74) is 1.01. The van der Waals surface area contributed by atoms with Gasteiger partial charge in [0.05, 0.1) is 18.8 Å². The van der Waals surface area contributed by atoms with E-state index in [0.29, 0.717) is 6.61 Å². The minimum atomic E-state index is -0.272. The molecule has 52 valence electrons. The molecule has 1 aliphatic rings. The maximum absolute atomic E-state index is 8.98. The first-order chi connectivity index (χ1) is 4.20. The van der Waals surface area contributed by atoms with Crippen molar-refractivity contribution in [2.45, 2.75) is 25.6 Å². The first-order valence-corrected chi connectivity index (χ1v) is 3.15. The molecule has 0 bridgehead atoms. The van der Waals surface area contributed by atoms with Crippen molar-refractivity contribution in [1.82, 2.24) is 0 Å². The predicted octanol–water partition coefficient (Wildman–Crippen LogP) is 0.712. The Labute approximate surface area is 55.1 Å². The average Bonchev–Trinajstić information content (AvgIpc) is 2.14. The molecule has 0 aromatic rings. The number of ether oxygens (including phenoxy) is 1. The second-order valence-corrected chi connectivity index (χ2v) is 2.56. The van der Waals surface area contributed by atoms with Crippen molar-refractivity contribution >= 4 is 0 Å². The van der Waals surface area contributed by atoms with Gasteiger partial charge in [-0.3, -0.25) is 0 Å². The van der Waals surface area contributed by atoms with E-state index < -0.39 is 0 Å². The first-order valence-electron chi connectivity index (χ1n) is 3.15. The van der Waals surface area contributed by atoms with E-state index in [4.69, 9.17) is 9.84 Å². The molecule has 2 heteroatoms. The molecule has 1 fully saturated rings. The maximum atomic E-state index is 8.98. The third kappa shape index (κ3) is 1.53. The van der Waals surface area contributed by atoms with Crippen LogP contribution >= 0.6 is 0 Å². The topological polar surface area (TPSA) is 29.5 Å². The Morgan fingerprint density at radius 1 is 1.78 bits per heavy atom. The van der Waals surface area contributed by atoms with Crippen molar-refractivity contribution in [2.24, 2.45) is 0 Å². The molecule has 1 aliphatic heterocycles. The summed E-state index contributed by atoms with van der Waals surface area (Å²) in [6, 6.07) is 0. The van der Waals surface area contributed by atoms with E-state index in [1.165, 1.54) is 0 Å². The van der Waals surface area contributed by atoms with E-state index in [9.17, 15) is 0 Å². The van der Waals surface area contributed by atoms with E-state index in [0.717, 1.165) is 12.0 Å². The summed E-state index contributed by atoms with van der Waals surface area (Å²) in [6.45, 7) is 6.12. The highest BCUT2D eigenvalue weighted by molar-refractivity contribution is 5.00. The van der Waals surface area contributed by atoms with E-state index in [1.54, 1.807) is 0 Å². The van der Waals surface area contributed by atoms with Crippen LogP contribution in [0.4, 0.5) is 0 Å². The zero-order valence-corrected chi connectivity index (χ0v) is 5.63. The summed E-state index contributed by atoms with van der Waals surface area (Å²) in [5, 5.41) is 8.98. The molecule has 2 nitrogen and oxygen atoms in total. The molecule has 1 N–H and O–H groups in total. The Bertz CT molecular complexity index is 120. The molecule has 0 aromatic heterocycles. The van der Waals surface area contributed by atoms with Crippen LogP contribution in [0.5, 0.6) is 0 Å². The Kier molecular flexibility index (Phi) is 1.88. The summed E-state index contributed by atoms with van der Waals surface area (Å²) in [4.78, 5) is 0. The highest BCUT2D eigenvalue weighted by Gasteiger charge is 2.23. The minimum absolute atomic E-state index is 0.0972. The molecule has 0 amide bonds. The Hall–Kier alpha value is -0.340. The number of aliphatic hydroxyl groups is 1. The average molecular weight is 128 g/mol. The van der Waals surface area contributed by atoms with Crippen molar-refractivity contribution in [1.29, 1.82) is 0 Å². The molecule has 1 rings (SSSR count). The van der Waals surface area contributed by atoms with Gasteiger partial charge in [-0.15, -0.1) is 0 Å². The van der Waals surface area contributed by atoms with E-state index in [-0.39, 0.29) is 12.2 Å². The quantitative estimate of drug-likeness (QED) is 0.527. The first kappa shape index (κ1) is 6.78. The molecule has 0 spiro atoms. The van der Waals surface area contributed by atoms with Crippen LogP contribution < -0.4 is 0 Å². The summed E-state index contributed by atoms with van der Waals surface area (Å²) in [7, 11) is 0. The standard InChI is InChI=1S/C7H12O2/c1-5(2)7-3-6(8)4-9-7/h6-8H,1,3-4H2,2H3/t6-,7+/m1/s1. The maximum Gasteiger partial charge on any atom is 0.0806 e. The van der Waals surface area contributed by atoms with Crippen LogP contribution in [0.25, 0.3) is 0 Å². The monoisotopic (exact) mass is 128 g/mol. The minimum Gasteiger partial charge on any atom is -0.391 e. The van der Waals surface area contributed by atoms with Gasteiger partial charge >= 0.3 is 0 Å². The van der Waals surface area contributed by atoms with Gasteiger partial charge in [-0.1, -0.05) is 12.2 Å². The lowest BCUT2D eigenvalue weighted by Crippen LogP contribution is -2.06. The number of aliphatic hydroxyl groups excluding tert-OH is 1. The molecule has 0 aromatic carbocycles. The van der Waals surface area contributed by atoms with Crippen LogP contribution in [0.3, 0.4) is 0 Å². The molecule has 0 radical (unpaired) electrons. The molecule has 1 heterocycles. The van der Waals surface area contributed by atoms with E-state index >= 15 is 0 Å². The van der Waals surface area contributed by atoms with Crippen LogP contribution in [0, 0.1) is 0 Å². The lowest BCUT2D eigenvalue weighted by molar-refractivity contribution is 0.104. The summed E-state index contributed by atoms with van der Waals surface area (Å²) < 4.78 is 5.18. The van der Waals surface area contributed by atoms with Crippen LogP contribution in [-0.4, -0.2) is 23.9 Å². The van der Waals surface area contributed by atoms with Crippen molar-refractivity contribution in [3.05, 3.63) is 12.2 Å². The van der Waals surface area contributed by atoms with Gasteiger partial charge in [-0.2, -0.15) is 0 Å².